The fraction of sp³-hybridized carbons (Fsp3) is 0.667. The highest BCUT2D eigenvalue weighted by Gasteiger charge is 2.50. The number of carboxylic acids is 1. The summed E-state index contributed by atoms with van der Waals surface area (Å²) in [7, 11) is 0. The van der Waals surface area contributed by atoms with E-state index in [1.54, 1.807) is 12.5 Å². The quantitative estimate of drug-likeness (QED) is 0.593. The second kappa shape index (κ2) is 4.32. The maximum atomic E-state index is 10.7. The zero-order chi connectivity index (χ0) is 12.6. The molecule has 3 rings (SSSR count). The summed E-state index contributed by atoms with van der Waals surface area (Å²) in [5.74, 6) is 0.832. The van der Waals surface area contributed by atoms with Gasteiger partial charge in [-0.3, -0.25) is 0 Å². The molecule has 1 saturated carbocycles. The molecule has 17 heavy (non-hydrogen) atoms. The summed E-state index contributed by atoms with van der Waals surface area (Å²) in [6, 6.07) is 0. The smallest absolute Gasteiger partial charge is 0.330 e. The zero-order valence-electron chi connectivity index (χ0n) is 11.0. The second-order valence-electron chi connectivity index (χ2n) is 6.05. The van der Waals surface area contributed by atoms with E-state index in [9.17, 15) is 4.79 Å². The first-order chi connectivity index (χ1) is 7.93. The lowest BCUT2D eigenvalue weighted by Crippen LogP contribution is -2.47. The van der Waals surface area contributed by atoms with Crippen molar-refractivity contribution in [1.29, 1.82) is 0 Å². The molecule has 0 aromatic rings. The van der Waals surface area contributed by atoms with Crippen LogP contribution in [0.3, 0.4) is 0 Å². The summed E-state index contributed by atoms with van der Waals surface area (Å²) in [6.45, 7) is 6.41. The lowest BCUT2D eigenvalue weighted by atomic mass is 9.48. The van der Waals surface area contributed by atoms with E-state index in [2.05, 4.69) is 19.9 Å². The summed E-state index contributed by atoms with van der Waals surface area (Å²) >= 11 is 0. The van der Waals surface area contributed by atoms with Gasteiger partial charge in [-0.25, -0.2) is 4.79 Å². The molecule has 2 nitrogen and oxygen atoms in total. The molecule has 2 heteroatoms. The third kappa shape index (κ3) is 2.18. The fourth-order valence-electron chi connectivity index (χ4n) is 3.30. The minimum absolute atomic E-state index is 0.465. The van der Waals surface area contributed by atoms with Gasteiger partial charge < -0.3 is 5.11 Å². The minimum Gasteiger partial charge on any atom is -0.478 e. The summed E-state index contributed by atoms with van der Waals surface area (Å²) in [4.78, 5) is 10.7. The molecule has 0 heterocycles. The maximum Gasteiger partial charge on any atom is 0.330 e. The first kappa shape index (κ1) is 12.4. The van der Waals surface area contributed by atoms with Crippen LogP contribution in [0.5, 0.6) is 0 Å². The zero-order valence-corrected chi connectivity index (χ0v) is 11.0. The highest BCUT2D eigenvalue weighted by Crippen LogP contribution is 2.59. The van der Waals surface area contributed by atoms with Crippen molar-refractivity contribution in [3.05, 3.63) is 23.3 Å². The van der Waals surface area contributed by atoms with Crippen molar-refractivity contribution in [2.75, 3.05) is 0 Å². The lowest BCUT2D eigenvalue weighted by molar-refractivity contribution is -0.132. The molecule has 0 aromatic carbocycles. The van der Waals surface area contributed by atoms with Crippen LogP contribution in [0, 0.1) is 17.3 Å². The van der Waals surface area contributed by atoms with E-state index in [4.69, 9.17) is 5.11 Å². The molecule has 2 bridgehead atoms. The largest absolute Gasteiger partial charge is 0.478 e. The SMILES string of the molecule is C/C(=C\CCC1=CCC2CC1C2(C)C)C(=O)O. The molecule has 3 aliphatic rings. The van der Waals surface area contributed by atoms with E-state index in [-0.39, 0.29) is 0 Å². The van der Waals surface area contributed by atoms with Gasteiger partial charge in [0.2, 0.25) is 0 Å². The summed E-state index contributed by atoms with van der Waals surface area (Å²) in [6.07, 6.45) is 8.71. The van der Waals surface area contributed by atoms with Crippen LogP contribution < -0.4 is 0 Å². The molecule has 0 amide bonds. The third-order valence-corrected chi connectivity index (χ3v) is 4.80. The van der Waals surface area contributed by atoms with Crippen LogP contribution in [0.25, 0.3) is 0 Å². The Morgan fingerprint density at radius 1 is 1.59 bits per heavy atom. The Bertz CT molecular complexity index is 388. The average Bonchev–Trinajstić information content (AvgIpc) is 2.28. The van der Waals surface area contributed by atoms with E-state index < -0.39 is 5.97 Å². The summed E-state index contributed by atoms with van der Waals surface area (Å²) < 4.78 is 0. The van der Waals surface area contributed by atoms with E-state index >= 15 is 0 Å². The third-order valence-electron chi connectivity index (χ3n) is 4.80. The average molecular weight is 234 g/mol. The maximum absolute atomic E-state index is 10.7. The van der Waals surface area contributed by atoms with Crippen LogP contribution in [-0.4, -0.2) is 11.1 Å². The Balaban J connectivity index is 1.91. The molecule has 0 aromatic heterocycles. The van der Waals surface area contributed by atoms with Crippen molar-refractivity contribution in [3.8, 4) is 0 Å². The molecule has 0 spiro atoms. The van der Waals surface area contributed by atoms with Gasteiger partial charge in [-0.15, -0.1) is 0 Å². The monoisotopic (exact) mass is 234 g/mol. The highest BCUT2D eigenvalue weighted by atomic mass is 16.4. The van der Waals surface area contributed by atoms with E-state index in [1.807, 2.05) is 6.08 Å². The molecular weight excluding hydrogens is 212 g/mol. The van der Waals surface area contributed by atoms with Crippen molar-refractivity contribution in [2.45, 2.75) is 46.5 Å². The number of hydrogen-bond donors (Lipinski definition) is 1. The van der Waals surface area contributed by atoms with Gasteiger partial charge >= 0.3 is 5.97 Å². The molecule has 2 atom stereocenters. The molecule has 1 fully saturated rings. The fourth-order valence-corrected chi connectivity index (χ4v) is 3.30. The first-order valence-corrected chi connectivity index (χ1v) is 6.52. The van der Waals surface area contributed by atoms with Crippen molar-refractivity contribution in [3.63, 3.8) is 0 Å². The van der Waals surface area contributed by atoms with Crippen molar-refractivity contribution >= 4 is 5.97 Å². The number of carbonyl (C=O) groups is 1. The standard InChI is InChI=1S/C15H22O2/c1-10(14(16)17)5-4-6-11-7-8-12-9-13(11)15(12,2)3/h5,7,12-13H,4,6,8-9H2,1-3H3,(H,16,17)/b10-5+. The van der Waals surface area contributed by atoms with Crippen LogP contribution in [0.15, 0.2) is 23.3 Å². The van der Waals surface area contributed by atoms with Gasteiger partial charge in [-0.2, -0.15) is 0 Å². The molecule has 2 unspecified atom stereocenters. The van der Waals surface area contributed by atoms with Gasteiger partial charge in [-0.1, -0.05) is 31.6 Å². The van der Waals surface area contributed by atoms with Gasteiger partial charge in [-0.05, 0) is 49.9 Å². The summed E-state index contributed by atoms with van der Waals surface area (Å²) in [5, 5.41) is 8.78. The predicted octanol–water partition coefficient (Wildman–Crippen LogP) is 3.79. The number of rotatable bonds is 4. The Morgan fingerprint density at radius 2 is 2.29 bits per heavy atom. The number of carboxylic acid groups (broad SMARTS) is 1. The minimum atomic E-state index is -0.799. The van der Waals surface area contributed by atoms with E-state index in [0.29, 0.717) is 11.0 Å². The van der Waals surface area contributed by atoms with Gasteiger partial charge in [0.25, 0.3) is 0 Å². The van der Waals surface area contributed by atoms with Crippen LogP contribution in [0.1, 0.15) is 46.5 Å². The molecule has 0 radical (unpaired) electrons. The van der Waals surface area contributed by atoms with Gasteiger partial charge in [0, 0.05) is 5.57 Å². The molecule has 94 valence electrons. The Labute approximate surface area is 103 Å². The molecule has 0 aliphatic heterocycles. The van der Waals surface area contributed by atoms with Crippen molar-refractivity contribution in [1.82, 2.24) is 0 Å². The van der Waals surface area contributed by atoms with Crippen molar-refractivity contribution < 1.29 is 9.90 Å². The Hall–Kier alpha value is -1.05. The molecule has 1 N–H and O–H groups in total. The normalized spacial score (nSPS) is 30.5. The number of aliphatic carboxylic acids is 1. The number of allylic oxidation sites excluding steroid dienone is 3. The molecule has 0 saturated heterocycles. The molecule has 3 aliphatic carbocycles. The first-order valence-electron chi connectivity index (χ1n) is 6.52. The van der Waals surface area contributed by atoms with Crippen LogP contribution >= 0.6 is 0 Å². The van der Waals surface area contributed by atoms with Crippen LogP contribution in [0.4, 0.5) is 0 Å². The number of fused-ring (bicyclic) bond motifs is 1. The highest BCUT2D eigenvalue weighted by molar-refractivity contribution is 5.85. The van der Waals surface area contributed by atoms with Gasteiger partial charge in [0.1, 0.15) is 0 Å². The van der Waals surface area contributed by atoms with Crippen LogP contribution in [0.2, 0.25) is 0 Å². The van der Waals surface area contributed by atoms with Crippen molar-refractivity contribution in [2.24, 2.45) is 17.3 Å². The molecular formula is C15H22O2. The predicted molar refractivity (Wildman–Crippen MR) is 68.7 cm³/mol. The van der Waals surface area contributed by atoms with Gasteiger partial charge in [0.05, 0.1) is 0 Å². The summed E-state index contributed by atoms with van der Waals surface area (Å²) in [5.41, 5.74) is 2.51. The topological polar surface area (TPSA) is 37.3 Å². The van der Waals surface area contributed by atoms with Crippen LogP contribution in [-0.2, 0) is 4.79 Å². The number of hydrogen-bond acceptors (Lipinski definition) is 1. The Morgan fingerprint density at radius 3 is 2.82 bits per heavy atom. The second-order valence-corrected chi connectivity index (χ2v) is 6.05. The van der Waals surface area contributed by atoms with E-state index in [0.717, 1.165) is 24.7 Å². The Kier molecular flexibility index (Phi) is 3.15. The van der Waals surface area contributed by atoms with Gasteiger partial charge in [0.15, 0.2) is 0 Å². The van der Waals surface area contributed by atoms with E-state index in [1.165, 1.54) is 12.8 Å². The lowest BCUT2D eigenvalue weighted by Gasteiger charge is -2.56.